The SMILES string of the molecule is COC1=CCCC(CC(=O)Nc2c3ncnc(C(=O)NCc4ccnc(C(C)(F)F)c4)c3nn2C)=C1. The monoisotopic (exact) mass is 497 g/mol. The number of halogens is 2. The van der Waals surface area contributed by atoms with Gasteiger partial charge in [0.2, 0.25) is 5.91 Å². The largest absolute Gasteiger partial charge is 0.497 e. The van der Waals surface area contributed by atoms with Crippen LogP contribution < -0.4 is 10.6 Å². The van der Waals surface area contributed by atoms with E-state index < -0.39 is 11.8 Å². The Morgan fingerprint density at radius 3 is 2.78 bits per heavy atom. The van der Waals surface area contributed by atoms with E-state index in [0.29, 0.717) is 16.9 Å². The lowest BCUT2D eigenvalue weighted by Gasteiger charge is -2.13. The first-order chi connectivity index (χ1) is 17.2. The molecule has 1 aliphatic carbocycles. The summed E-state index contributed by atoms with van der Waals surface area (Å²) >= 11 is 0. The molecule has 0 fully saturated rings. The number of nitrogens with zero attached hydrogens (tertiary/aromatic N) is 5. The van der Waals surface area contributed by atoms with Crippen molar-refractivity contribution in [1.29, 1.82) is 0 Å². The van der Waals surface area contributed by atoms with Gasteiger partial charge in [0.05, 0.1) is 7.11 Å². The number of nitrogens with one attached hydrogen (secondary N) is 2. The van der Waals surface area contributed by atoms with Gasteiger partial charge in [0, 0.05) is 33.1 Å². The summed E-state index contributed by atoms with van der Waals surface area (Å²) in [5.74, 6) is -2.86. The molecule has 12 heteroatoms. The highest BCUT2D eigenvalue weighted by molar-refractivity contribution is 6.07. The molecule has 0 unspecified atom stereocenters. The Labute approximate surface area is 205 Å². The molecule has 0 saturated heterocycles. The molecule has 1 aliphatic rings. The molecule has 3 aromatic rings. The number of carbonyl (C=O) groups is 2. The lowest BCUT2D eigenvalue weighted by molar-refractivity contribution is -0.115. The number of rotatable bonds is 8. The summed E-state index contributed by atoms with van der Waals surface area (Å²) in [7, 11) is 3.20. The molecule has 2 amide bonds. The summed E-state index contributed by atoms with van der Waals surface area (Å²) in [5.41, 5.74) is 1.51. The Hall–Kier alpha value is -4.22. The zero-order valence-corrected chi connectivity index (χ0v) is 20.0. The molecule has 0 atom stereocenters. The van der Waals surface area contributed by atoms with Crippen LogP contribution in [0.15, 0.2) is 48.1 Å². The Morgan fingerprint density at radius 1 is 1.22 bits per heavy atom. The van der Waals surface area contributed by atoms with Gasteiger partial charge in [0.15, 0.2) is 11.5 Å². The van der Waals surface area contributed by atoms with Crippen LogP contribution in [0.5, 0.6) is 0 Å². The topological polar surface area (TPSA) is 124 Å². The fraction of sp³-hybridized carbons (Fsp3) is 0.333. The maximum absolute atomic E-state index is 13.5. The van der Waals surface area contributed by atoms with Gasteiger partial charge in [-0.3, -0.25) is 14.6 Å². The van der Waals surface area contributed by atoms with Gasteiger partial charge in [-0.25, -0.2) is 14.6 Å². The maximum atomic E-state index is 13.5. The third-order valence-corrected chi connectivity index (χ3v) is 5.60. The van der Waals surface area contributed by atoms with Crippen molar-refractivity contribution in [3.8, 4) is 0 Å². The van der Waals surface area contributed by atoms with Gasteiger partial charge in [-0.2, -0.15) is 13.9 Å². The number of hydrogen-bond donors (Lipinski definition) is 2. The van der Waals surface area contributed by atoms with Crippen LogP contribution in [0.1, 0.15) is 47.9 Å². The number of ether oxygens (including phenoxy) is 1. The van der Waals surface area contributed by atoms with Crippen LogP contribution >= 0.6 is 0 Å². The summed E-state index contributed by atoms with van der Waals surface area (Å²) in [5, 5.41) is 9.80. The first-order valence-electron chi connectivity index (χ1n) is 11.2. The summed E-state index contributed by atoms with van der Waals surface area (Å²) in [4.78, 5) is 37.5. The van der Waals surface area contributed by atoms with Crippen LogP contribution in [-0.4, -0.2) is 43.7 Å². The van der Waals surface area contributed by atoms with Crippen molar-refractivity contribution in [1.82, 2.24) is 30.0 Å². The number of allylic oxidation sites excluding steroid dienone is 2. The smallest absolute Gasteiger partial charge is 0.286 e. The third kappa shape index (κ3) is 5.53. The first-order valence-corrected chi connectivity index (χ1v) is 11.2. The molecule has 0 aliphatic heterocycles. The van der Waals surface area contributed by atoms with Crippen LogP contribution in [0, 0.1) is 0 Å². The zero-order valence-electron chi connectivity index (χ0n) is 20.0. The maximum Gasteiger partial charge on any atom is 0.286 e. The fourth-order valence-corrected chi connectivity index (χ4v) is 3.79. The molecule has 2 N–H and O–H groups in total. The van der Waals surface area contributed by atoms with Gasteiger partial charge in [-0.1, -0.05) is 5.57 Å². The van der Waals surface area contributed by atoms with Gasteiger partial charge in [0.1, 0.15) is 28.8 Å². The van der Waals surface area contributed by atoms with Crippen molar-refractivity contribution in [3.63, 3.8) is 0 Å². The molecule has 3 heterocycles. The van der Waals surface area contributed by atoms with Crippen LogP contribution in [0.2, 0.25) is 0 Å². The van der Waals surface area contributed by atoms with E-state index in [0.717, 1.165) is 31.1 Å². The molecule has 0 spiro atoms. The molecular weight excluding hydrogens is 472 g/mol. The number of carbonyl (C=O) groups excluding carboxylic acids is 2. The number of anilines is 1. The highest BCUT2D eigenvalue weighted by Gasteiger charge is 2.26. The first kappa shape index (κ1) is 24.9. The Kier molecular flexibility index (Phi) is 7.04. The number of aromatic nitrogens is 5. The average molecular weight is 498 g/mol. The molecule has 10 nitrogen and oxygen atoms in total. The van der Waals surface area contributed by atoms with Gasteiger partial charge >= 0.3 is 0 Å². The van der Waals surface area contributed by atoms with Gasteiger partial charge < -0.3 is 15.4 Å². The number of pyridine rings is 1. The number of aryl methyl sites for hydroxylation is 1. The van der Waals surface area contributed by atoms with Gasteiger partial charge in [-0.15, -0.1) is 0 Å². The quantitative estimate of drug-likeness (QED) is 0.489. The molecule has 4 rings (SSSR count). The minimum Gasteiger partial charge on any atom is -0.497 e. The van der Waals surface area contributed by atoms with Gasteiger partial charge in [-0.05, 0) is 42.7 Å². The normalized spacial score (nSPS) is 13.7. The summed E-state index contributed by atoms with van der Waals surface area (Å²) < 4.78 is 33.8. The molecule has 36 heavy (non-hydrogen) atoms. The highest BCUT2D eigenvalue weighted by atomic mass is 19.3. The summed E-state index contributed by atoms with van der Waals surface area (Å²) in [6, 6.07) is 2.77. The molecule has 0 aromatic carbocycles. The Bertz CT molecular complexity index is 1380. The van der Waals surface area contributed by atoms with E-state index in [1.165, 1.54) is 29.3 Å². The molecule has 0 bridgehead atoms. The number of fused-ring (bicyclic) bond motifs is 1. The minimum absolute atomic E-state index is 0.00365. The fourth-order valence-electron chi connectivity index (χ4n) is 3.79. The lowest BCUT2D eigenvalue weighted by Crippen LogP contribution is -2.24. The number of methoxy groups -OCH3 is 1. The molecule has 0 radical (unpaired) electrons. The molecule has 3 aromatic heterocycles. The van der Waals surface area contributed by atoms with Crippen molar-refractivity contribution in [2.45, 2.75) is 38.7 Å². The van der Waals surface area contributed by atoms with Crippen molar-refractivity contribution in [2.24, 2.45) is 7.05 Å². The van der Waals surface area contributed by atoms with Crippen LogP contribution in [0.3, 0.4) is 0 Å². The second-order valence-corrected chi connectivity index (χ2v) is 8.39. The Balaban J connectivity index is 1.49. The van der Waals surface area contributed by atoms with Crippen LogP contribution in [0.25, 0.3) is 11.0 Å². The second kappa shape index (κ2) is 10.2. The van der Waals surface area contributed by atoms with Crippen molar-refractivity contribution < 1.29 is 23.1 Å². The summed E-state index contributed by atoms with van der Waals surface area (Å²) in [6.45, 7) is 0.742. The van der Waals surface area contributed by atoms with Gasteiger partial charge in [0.25, 0.3) is 11.8 Å². The predicted molar refractivity (Wildman–Crippen MR) is 127 cm³/mol. The van der Waals surface area contributed by atoms with E-state index in [1.807, 2.05) is 12.2 Å². The minimum atomic E-state index is -3.09. The van der Waals surface area contributed by atoms with E-state index in [9.17, 15) is 18.4 Å². The van der Waals surface area contributed by atoms with Crippen molar-refractivity contribution >= 4 is 28.7 Å². The molecule has 0 saturated carbocycles. The van der Waals surface area contributed by atoms with Crippen molar-refractivity contribution in [3.05, 3.63) is 65.1 Å². The molecular formula is C24H25F2N7O3. The predicted octanol–water partition coefficient (Wildman–Crippen LogP) is 3.38. The van der Waals surface area contributed by atoms with E-state index >= 15 is 0 Å². The van der Waals surface area contributed by atoms with E-state index in [1.54, 1.807) is 14.2 Å². The van der Waals surface area contributed by atoms with E-state index in [-0.39, 0.29) is 35.8 Å². The lowest BCUT2D eigenvalue weighted by atomic mass is 10.0. The number of alkyl halides is 2. The highest BCUT2D eigenvalue weighted by Crippen LogP contribution is 2.26. The standard InChI is InChI=1S/C24H25F2N7O3/c1-24(25,26)17-10-15(7-8-27-17)12-28-23(35)21-19-20(29-13-30-21)22(33(2)32-19)31-18(34)11-14-5-4-6-16(9-14)36-3/h6-10,13H,4-5,11-12H2,1-3H3,(H,28,35)(H,31,34). The summed E-state index contributed by atoms with van der Waals surface area (Å²) in [6.07, 6.45) is 8.01. The Morgan fingerprint density at radius 2 is 2.03 bits per heavy atom. The van der Waals surface area contributed by atoms with Crippen molar-refractivity contribution in [2.75, 3.05) is 12.4 Å². The number of hydrogen-bond acceptors (Lipinski definition) is 7. The zero-order chi connectivity index (χ0) is 25.9. The van der Waals surface area contributed by atoms with Crippen LogP contribution in [-0.2, 0) is 29.0 Å². The van der Waals surface area contributed by atoms with Crippen LogP contribution in [0.4, 0.5) is 14.6 Å². The second-order valence-electron chi connectivity index (χ2n) is 8.39. The average Bonchev–Trinajstić information content (AvgIpc) is 3.17. The number of amides is 2. The molecule has 188 valence electrons. The van der Waals surface area contributed by atoms with E-state index in [2.05, 4.69) is 30.7 Å². The third-order valence-electron chi connectivity index (χ3n) is 5.60. The van der Waals surface area contributed by atoms with E-state index in [4.69, 9.17) is 4.74 Å².